The molecule has 3 rings (SSSR count). The monoisotopic (exact) mass is 346 g/mol. The lowest BCUT2D eigenvalue weighted by atomic mass is 10.2. The Balaban J connectivity index is 1.67. The summed E-state index contributed by atoms with van der Waals surface area (Å²) < 4.78 is 10.8. The van der Waals surface area contributed by atoms with Gasteiger partial charge in [0, 0.05) is 5.69 Å². The second-order valence-corrected chi connectivity index (χ2v) is 5.63. The Morgan fingerprint density at radius 3 is 2.92 bits per heavy atom. The van der Waals surface area contributed by atoms with Gasteiger partial charge < -0.3 is 20.1 Å². The van der Waals surface area contributed by atoms with E-state index in [0.717, 1.165) is 0 Å². The topological polar surface area (TPSA) is 76.7 Å². The SMILES string of the molecule is CC(Oc1ccccc1Cl)C(=O)Nc1ccc2c(c1)NC(=O)CO2. The van der Waals surface area contributed by atoms with Crippen molar-refractivity contribution in [1.29, 1.82) is 0 Å². The molecule has 124 valence electrons. The molecule has 0 bridgehead atoms. The van der Waals surface area contributed by atoms with Crippen molar-refractivity contribution in [3.8, 4) is 11.5 Å². The van der Waals surface area contributed by atoms with Gasteiger partial charge >= 0.3 is 0 Å². The van der Waals surface area contributed by atoms with Crippen molar-refractivity contribution in [3.05, 3.63) is 47.5 Å². The Kier molecular flexibility index (Phi) is 4.57. The van der Waals surface area contributed by atoms with Gasteiger partial charge in [-0.25, -0.2) is 0 Å². The molecule has 1 atom stereocenters. The van der Waals surface area contributed by atoms with E-state index in [1.54, 1.807) is 49.4 Å². The molecule has 6 nitrogen and oxygen atoms in total. The predicted molar refractivity (Wildman–Crippen MR) is 90.7 cm³/mol. The fourth-order valence-corrected chi connectivity index (χ4v) is 2.37. The summed E-state index contributed by atoms with van der Waals surface area (Å²) in [7, 11) is 0. The number of rotatable bonds is 4. The number of para-hydroxylation sites is 1. The van der Waals surface area contributed by atoms with E-state index in [1.807, 2.05) is 0 Å². The molecule has 0 fully saturated rings. The first kappa shape index (κ1) is 16.1. The first-order valence-electron chi connectivity index (χ1n) is 7.31. The van der Waals surface area contributed by atoms with E-state index in [-0.39, 0.29) is 18.4 Å². The Morgan fingerprint density at radius 2 is 2.12 bits per heavy atom. The normalized spacial score (nSPS) is 14.0. The number of carbonyl (C=O) groups excluding carboxylic acids is 2. The van der Waals surface area contributed by atoms with Crippen molar-refractivity contribution >= 4 is 34.8 Å². The number of fused-ring (bicyclic) bond motifs is 1. The lowest BCUT2D eigenvalue weighted by Gasteiger charge is -2.19. The van der Waals surface area contributed by atoms with Crippen molar-refractivity contribution in [1.82, 2.24) is 0 Å². The van der Waals surface area contributed by atoms with Crippen LogP contribution >= 0.6 is 11.6 Å². The van der Waals surface area contributed by atoms with Crippen LogP contribution in [0.2, 0.25) is 5.02 Å². The molecule has 2 aromatic rings. The zero-order valence-corrected chi connectivity index (χ0v) is 13.6. The van der Waals surface area contributed by atoms with Gasteiger partial charge in [0.05, 0.1) is 10.7 Å². The lowest BCUT2D eigenvalue weighted by molar-refractivity contribution is -0.122. The van der Waals surface area contributed by atoms with Gasteiger partial charge in [0.25, 0.3) is 11.8 Å². The second kappa shape index (κ2) is 6.80. The van der Waals surface area contributed by atoms with E-state index in [4.69, 9.17) is 21.1 Å². The number of amides is 2. The van der Waals surface area contributed by atoms with Gasteiger partial charge in [-0.2, -0.15) is 0 Å². The lowest BCUT2D eigenvalue weighted by Crippen LogP contribution is -2.30. The van der Waals surface area contributed by atoms with Crippen LogP contribution in [0.25, 0.3) is 0 Å². The fraction of sp³-hybridized carbons (Fsp3) is 0.176. The molecule has 2 aromatic carbocycles. The highest BCUT2D eigenvalue weighted by Gasteiger charge is 2.19. The molecule has 2 amide bonds. The summed E-state index contributed by atoms with van der Waals surface area (Å²) in [4.78, 5) is 23.6. The van der Waals surface area contributed by atoms with Crippen molar-refractivity contribution in [2.75, 3.05) is 17.2 Å². The van der Waals surface area contributed by atoms with Gasteiger partial charge in [-0.3, -0.25) is 9.59 Å². The number of anilines is 2. The Morgan fingerprint density at radius 1 is 1.33 bits per heavy atom. The Labute approximate surface area is 143 Å². The quantitative estimate of drug-likeness (QED) is 0.892. The van der Waals surface area contributed by atoms with Crippen LogP contribution in [0.5, 0.6) is 11.5 Å². The summed E-state index contributed by atoms with van der Waals surface area (Å²) in [6.45, 7) is 1.61. The van der Waals surface area contributed by atoms with E-state index in [1.165, 1.54) is 0 Å². The molecule has 1 heterocycles. The van der Waals surface area contributed by atoms with Crippen LogP contribution in [-0.2, 0) is 9.59 Å². The third-order valence-electron chi connectivity index (χ3n) is 3.39. The number of hydrogen-bond donors (Lipinski definition) is 2. The molecule has 1 aliphatic rings. The highest BCUT2D eigenvalue weighted by molar-refractivity contribution is 6.32. The van der Waals surface area contributed by atoms with Gasteiger partial charge in [0.1, 0.15) is 11.5 Å². The molecular formula is C17H15ClN2O4. The fourth-order valence-electron chi connectivity index (χ4n) is 2.19. The number of ether oxygens (including phenoxy) is 2. The number of nitrogens with one attached hydrogen (secondary N) is 2. The molecule has 7 heteroatoms. The molecule has 1 aliphatic heterocycles. The summed E-state index contributed by atoms with van der Waals surface area (Å²) in [6, 6.07) is 11.9. The van der Waals surface area contributed by atoms with Gasteiger partial charge in [-0.1, -0.05) is 23.7 Å². The average molecular weight is 347 g/mol. The second-order valence-electron chi connectivity index (χ2n) is 5.23. The van der Waals surface area contributed by atoms with Crippen LogP contribution in [0.4, 0.5) is 11.4 Å². The zero-order chi connectivity index (χ0) is 17.1. The van der Waals surface area contributed by atoms with Crippen LogP contribution < -0.4 is 20.1 Å². The summed E-state index contributed by atoms with van der Waals surface area (Å²) in [6.07, 6.45) is -0.744. The molecule has 0 radical (unpaired) electrons. The van der Waals surface area contributed by atoms with Crippen molar-refractivity contribution < 1.29 is 19.1 Å². The van der Waals surface area contributed by atoms with Crippen LogP contribution in [0, 0.1) is 0 Å². The summed E-state index contributed by atoms with van der Waals surface area (Å²) in [5, 5.41) is 5.85. The molecular weight excluding hydrogens is 332 g/mol. The number of benzene rings is 2. The maximum atomic E-state index is 12.3. The number of hydrogen-bond acceptors (Lipinski definition) is 4. The van der Waals surface area contributed by atoms with Crippen LogP contribution in [-0.4, -0.2) is 24.5 Å². The standard InChI is InChI=1S/C17H15ClN2O4/c1-10(24-14-5-3-2-4-12(14)18)17(22)19-11-6-7-15-13(8-11)20-16(21)9-23-15/h2-8,10H,9H2,1H3,(H,19,22)(H,20,21). The Hall–Kier alpha value is -2.73. The van der Waals surface area contributed by atoms with E-state index in [0.29, 0.717) is 27.9 Å². The third kappa shape index (κ3) is 3.60. The predicted octanol–water partition coefficient (Wildman–Crippen LogP) is 3.08. The molecule has 2 N–H and O–H groups in total. The van der Waals surface area contributed by atoms with E-state index in [9.17, 15) is 9.59 Å². The molecule has 0 saturated heterocycles. The minimum atomic E-state index is -0.744. The number of halogens is 1. The molecule has 0 saturated carbocycles. The third-order valence-corrected chi connectivity index (χ3v) is 3.70. The van der Waals surface area contributed by atoms with Gasteiger partial charge in [-0.05, 0) is 37.3 Å². The van der Waals surface area contributed by atoms with Gasteiger partial charge in [0.2, 0.25) is 0 Å². The van der Waals surface area contributed by atoms with E-state index in [2.05, 4.69) is 10.6 Å². The minimum Gasteiger partial charge on any atom is -0.482 e. The summed E-state index contributed by atoms with van der Waals surface area (Å²) in [5.41, 5.74) is 1.04. The van der Waals surface area contributed by atoms with Crippen LogP contribution in [0.15, 0.2) is 42.5 Å². The smallest absolute Gasteiger partial charge is 0.265 e. The maximum Gasteiger partial charge on any atom is 0.265 e. The average Bonchev–Trinajstić information content (AvgIpc) is 2.56. The highest BCUT2D eigenvalue weighted by atomic mass is 35.5. The van der Waals surface area contributed by atoms with Gasteiger partial charge in [0.15, 0.2) is 12.7 Å². The molecule has 0 aliphatic carbocycles. The zero-order valence-electron chi connectivity index (χ0n) is 12.8. The molecule has 0 spiro atoms. The van der Waals surface area contributed by atoms with Crippen LogP contribution in [0.3, 0.4) is 0 Å². The van der Waals surface area contributed by atoms with Crippen molar-refractivity contribution in [3.63, 3.8) is 0 Å². The van der Waals surface area contributed by atoms with E-state index >= 15 is 0 Å². The van der Waals surface area contributed by atoms with E-state index < -0.39 is 6.10 Å². The highest BCUT2D eigenvalue weighted by Crippen LogP contribution is 2.30. The van der Waals surface area contributed by atoms with Gasteiger partial charge in [-0.15, -0.1) is 0 Å². The largest absolute Gasteiger partial charge is 0.482 e. The minimum absolute atomic E-state index is 0.0125. The first-order valence-corrected chi connectivity index (χ1v) is 7.69. The molecule has 24 heavy (non-hydrogen) atoms. The van der Waals surface area contributed by atoms with Crippen molar-refractivity contribution in [2.45, 2.75) is 13.0 Å². The summed E-state index contributed by atoms with van der Waals surface area (Å²) in [5.74, 6) is 0.431. The first-order chi connectivity index (χ1) is 11.5. The molecule has 1 unspecified atom stereocenters. The maximum absolute atomic E-state index is 12.3. The molecule has 0 aromatic heterocycles. The van der Waals surface area contributed by atoms with Crippen LogP contribution in [0.1, 0.15) is 6.92 Å². The Bertz CT molecular complexity index is 794. The summed E-state index contributed by atoms with van der Waals surface area (Å²) >= 11 is 6.02. The van der Waals surface area contributed by atoms with Crippen molar-refractivity contribution in [2.24, 2.45) is 0 Å². The number of carbonyl (C=O) groups is 2.